The lowest BCUT2D eigenvalue weighted by molar-refractivity contribution is 0.127. The number of rotatable bonds is 7. The van der Waals surface area contributed by atoms with Gasteiger partial charge in [-0.25, -0.2) is 0 Å². The van der Waals surface area contributed by atoms with Crippen LogP contribution in [-0.2, 0) is 0 Å². The molecular formula is C41H56O3. The molecule has 0 bridgehead atoms. The minimum atomic E-state index is -0.275. The molecule has 0 unspecified atom stereocenters. The van der Waals surface area contributed by atoms with Crippen molar-refractivity contribution in [3.05, 3.63) is 87.5 Å². The van der Waals surface area contributed by atoms with Gasteiger partial charge in [0.2, 0.25) is 0 Å². The summed E-state index contributed by atoms with van der Waals surface area (Å²) in [6, 6.07) is 17.4. The normalized spacial score (nSPS) is 17.2. The Kier molecular flexibility index (Phi) is 9.73. The average Bonchev–Trinajstić information content (AvgIpc) is 2.95. The molecular weight excluding hydrogens is 540 g/mol. The second-order valence-electron chi connectivity index (χ2n) is 15.6. The molecule has 3 aromatic carbocycles. The summed E-state index contributed by atoms with van der Waals surface area (Å²) in [6.07, 6.45) is 12.5. The van der Waals surface area contributed by atoms with Gasteiger partial charge in [0.1, 0.15) is 28.5 Å². The number of para-hydroxylation sites is 1. The Morgan fingerprint density at radius 3 is 1.39 bits per heavy atom. The van der Waals surface area contributed by atoms with E-state index in [1.807, 2.05) is 12.1 Å². The van der Waals surface area contributed by atoms with Gasteiger partial charge < -0.3 is 14.6 Å². The standard InChI is InChI=1S/C41H56O3/c1-27-23-37(43-40(3,4)5)34(29-17-11-9-12-18-29)25-32(27)39(31-21-15-16-22-36(31)42)33-26-35(30-19-13-10-14-20-30)38(24-28(33)2)44-41(6,7)8/h15-16,21-26,29-30,39,42H,9-14,17-20H2,1-8H3. The largest absolute Gasteiger partial charge is 0.508 e. The Hall–Kier alpha value is -2.94. The second kappa shape index (κ2) is 13.2. The van der Waals surface area contributed by atoms with Crippen molar-refractivity contribution >= 4 is 0 Å². The third-order valence-corrected chi connectivity index (χ3v) is 9.59. The fourth-order valence-electron chi connectivity index (χ4n) is 7.59. The van der Waals surface area contributed by atoms with Crippen LogP contribution in [0.3, 0.4) is 0 Å². The summed E-state index contributed by atoms with van der Waals surface area (Å²) in [4.78, 5) is 0. The monoisotopic (exact) mass is 596 g/mol. The molecule has 2 aliphatic rings. The van der Waals surface area contributed by atoms with Gasteiger partial charge in [-0.3, -0.25) is 0 Å². The van der Waals surface area contributed by atoms with Crippen molar-refractivity contribution < 1.29 is 14.6 Å². The van der Waals surface area contributed by atoms with Gasteiger partial charge in [-0.1, -0.05) is 68.9 Å². The fraction of sp³-hybridized carbons (Fsp3) is 0.561. The van der Waals surface area contributed by atoms with Crippen LogP contribution in [0, 0.1) is 13.8 Å². The number of aryl methyl sites for hydroxylation is 2. The Morgan fingerprint density at radius 2 is 1.00 bits per heavy atom. The molecule has 1 N–H and O–H groups in total. The van der Waals surface area contributed by atoms with Crippen LogP contribution < -0.4 is 9.47 Å². The zero-order valence-electron chi connectivity index (χ0n) is 28.7. The molecule has 0 saturated heterocycles. The SMILES string of the molecule is Cc1cc(OC(C)(C)C)c(C2CCCCC2)cc1C(c1cc(C2CCCCC2)c(OC(C)(C)C)cc1C)c1ccccc1O. The van der Waals surface area contributed by atoms with Crippen molar-refractivity contribution in [2.24, 2.45) is 0 Å². The van der Waals surface area contributed by atoms with Crippen molar-refractivity contribution in [1.29, 1.82) is 0 Å². The van der Waals surface area contributed by atoms with Gasteiger partial charge in [0.15, 0.2) is 0 Å². The summed E-state index contributed by atoms with van der Waals surface area (Å²) in [6.45, 7) is 17.3. The lowest BCUT2D eigenvalue weighted by atomic mass is 9.75. The van der Waals surface area contributed by atoms with E-state index in [1.54, 1.807) is 0 Å². The summed E-state index contributed by atoms with van der Waals surface area (Å²) in [7, 11) is 0. The van der Waals surface area contributed by atoms with Crippen LogP contribution in [-0.4, -0.2) is 16.3 Å². The molecule has 2 aliphatic carbocycles. The van der Waals surface area contributed by atoms with E-state index < -0.39 is 0 Å². The van der Waals surface area contributed by atoms with E-state index in [-0.39, 0.29) is 17.1 Å². The number of phenols is 1. The average molecular weight is 597 g/mol. The molecule has 3 heteroatoms. The van der Waals surface area contributed by atoms with Crippen molar-refractivity contribution in [1.82, 2.24) is 0 Å². The smallest absolute Gasteiger partial charge is 0.123 e. The number of hydrogen-bond acceptors (Lipinski definition) is 3. The Labute approximate surface area is 267 Å². The molecule has 0 heterocycles. The van der Waals surface area contributed by atoms with E-state index in [9.17, 15) is 5.11 Å². The number of phenolic OH excluding ortho intramolecular Hbond substituents is 1. The quantitative estimate of drug-likeness (QED) is 0.276. The van der Waals surface area contributed by atoms with Crippen molar-refractivity contribution in [3.63, 3.8) is 0 Å². The van der Waals surface area contributed by atoms with E-state index in [2.05, 4.69) is 91.8 Å². The lowest BCUT2D eigenvalue weighted by Crippen LogP contribution is -2.25. The summed E-state index contributed by atoms with van der Waals surface area (Å²) >= 11 is 0. The van der Waals surface area contributed by atoms with Gasteiger partial charge in [-0.2, -0.15) is 0 Å². The highest BCUT2D eigenvalue weighted by molar-refractivity contribution is 5.58. The lowest BCUT2D eigenvalue weighted by Gasteiger charge is -2.33. The first-order valence-corrected chi connectivity index (χ1v) is 17.3. The maximum atomic E-state index is 11.4. The molecule has 0 amide bonds. The van der Waals surface area contributed by atoms with Crippen molar-refractivity contribution in [2.45, 2.75) is 149 Å². The number of benzene rings is 3. The van der Waals surface area contributed by atoms with E-state index in [0.29, 0.717) is 17.6 Å². The van der Waals surface area contributed by atoms with Crippen LogP contribution in [0.2, 0.25) is 0 Å². The van der Waals surface area contributed by atoms with Crippen LogP contribution >= 0.6 is 0 Å². The van der Waals surface area contributed by atoms with E-state index in [4.69, 9.17) is 9.47 Å². The van der Waals surface area contributed by atoms with Crippen LogP contribution in [0.15, 0.2) is 48.5 Å². The summed E-state index contributed by atoms with van der Waals surface area (Å²) in [5.41, 5.74) is 7.99. The maximum absolute atomic E-state index is 11.4. The Balaban J connectivity index is 1.74. The molecule has 0 spiro atoms. The summed E-state index contributed by atoms with van der Waals surface area (Å²) in [5.74, 6) is 3.28. The highest BCUT2D eigenvalue weighted by Gasteiger charge is 2.31. The second-order valence-corrected chi connectivity index (χ2v) is 15.6. The Bertz CT molecular complexity index is 1340. The number of hydrogen-bond donors (Lipinski definition) is 1. The molecule has 0 aliphatic heterocycles. The van der Waals surface area contributed by atoms with Crippen LogP contribution in [0.25, 0.3) is 0 Å². The molecule has 238 valence electrons. The van der Waals surface area contributed by atoms with E-state index >= 15 is 0 Å². The predicted octanol–water partition coefficient (Wildman–Crippen LogP) is 11.6. The van der Waals surface area contributed by atoms with Gasteiger partial charge in [0.05, 0.1) is 0 Å². The molecule has 0 atom stereocenters. The van der Waals surface area contributed by atoms with Crippen molar-refractivity contribution in [2.75, 3.05) is 0 Å². The minimum Gasteiger partial charge on any atom is -0.508 e. The predicted molar refractivity (Wildman–Crippen MR) is 184 cm³/mol. The van der Waals surface area contributed by atoms with Gasteiger partial charge in [0, 0.05) is 11.5 Å². The van der Waals surface area contributed by atoms with Gasteiger partial charge in [-0.05, 0) is 144 Å². The fourth-order valence-corrected chi connectivity index (χ4v) is 7.59. The zero-order chi connectivity index (χ0) is 31.6. The first-order valence-electron chi connectivity index (χ1n) is 17.3. The van der Waals surface area contributed by atoms with Crippen LogP contribution in [0.5, 0.6) is 17.2 Å². The van der Waals surface area contributed by atoms with Crippen LogP contribution in [0.1, 0.15) is 162 Å². The highest BCUT2D eigenvalue weighted by atomic mass is 16.5. The van der Waals surface area contributed by atoms with Gasteiger partial charge in [0.25, 0.3) is 0 Å². The molecule has 3 nitrogen and oxygen atoms in total. The van der Waals surface area contributed by atoms with E-state index in [0.717, 1.165) is 17.1 Å². The molecule has 3 aromatic rings. The zero-order valence-corrected chi connectivity index (χ0v) is 28.7. The molecule has 44 heavy (non-hydrogen) atoms. The maximum Gasteiger partial charge on any atom is 0.123 e. The third kappa shape index (κ3) is 7.64. The molecule has 5 rings (SSSR count). The molecule has 2 saturated carbocycles. The number of aromatic hydroxyl groups is 1. The molecule has 0 radical (unpaired) electrons. The minimum absolute atomic E-state index is 0.103. The third-order valence-electron chi connectivity index (χ3n) is 9.59. The van der Waals surface area contributed by atoms with Crippen LogP contribution in [0.4, 0.5) is 0 Å². The van der Waals surface area contributed by atoms with E-state index in [1.165, 1.54) is 97.6 Å². The van der Waals surface area contributed by atoms with Gasteiger partial charge in [-0.15, -0.1) is 0 Å². The molecule has 2 fully saturated rings. The number of ether oxygens (including phenoxy) is 2. The Morgan fingerprint density at radius 1 is 0.591 bits per heavy atom. The first-order chi connectivity index (χ1) is 20.8. The summed E-state index contributed by atoms with van der Waals surface area (Å²) < 4.78 is 13.3. The van der Waals surface area contributed by atoms with Crippen molar-refractivity contribution in [3.8, 4) is 17.2 Å². The first kappa shape index (κ1) is 32.5. The topological polar surface area (TPSA) is 38.7 Å². The summed E-state index contributed by atoms with van der Waals surface area (Å²) in [5, 5.41) is 11.4. The highest BCUT2D eigenvalue weighted by Crippen LogP contribution is 2.48. The van der Waals surface area contributed by atoms with Gasteiger partial charge >= 0.3 is 0 Å². The molecule has 0 aromatic heterocycles.